The first-order valence-electron chi connectivity index (χ1n) is 4.82. The highest BCUT2D eigenvalue weighted by molar-refractivity contribution is 6.76. The van der Waals surface area contributed by atoms with Crippen molar-refractivity contribution in [1.29, 1.82) is 0 Å². The highest BCUT2D eigenvalue weighted by Crippen LogP contribution is 2.10. The minimum absolute atomic E-state index is 0.357. The van der Waals surface area contributed by atoms with Gasteiger partial charge in [-0.3, -0.25) is 4.89 Å². The van der Waals surface area contributed by atoms with Crippen LogP contribution in [0.5, 0.6) is 0 Å². The average Bonchev–Trinajstić information content (AvgIpc) is 2.01. The van der Waals surface area contributed by atoms with Gasteiger partial charge < -0.3 is 0 Å². The van der Waals surface area contributed by atoms with Crippen LogP contribution in [0.4, 0.5) is 0 Å². The molecule has 0 radical (unpaired) electrons. The fourth-order valence-electron chi connectivity index (χ4n) is 0.828. The Bertz CT molecular complexity index is 206. The summed E-state index contributed by atoms with van der Waals surface area (Å²) in [5.41, 5.74) is 0.357. The number of hydrogen-bond donors (Lipinski definition) is 0. The summed E-state index contributed by atoms with van der Waals surface area (Å²) in [5, 5.41) is 0. The molecule has 0 heterocycles. The van der Waals surface area contributed by atoms with Crippen molar-refractivity contribution >= 4 is 14.0 Å². The van der Waals surface area contributed by atoms with E-state index in [1.54, 1.807) is 6.92 Å². The highest BCUT2D eigenvalue weighted by Gasteiger charge is 2.12. The maximum atomic E-state index is 10.9. The second-order valence-corrected chi connectivity index (χ2v) is 10.3. The fraction of sp³-hybridized carbons (Fsp3) is 0.700. The van der Waals surface area contributed by atoms with Crippen molar-refractivity contribution in [1.82, 2.24) is 0 Å². The molecule has 14 heavy (non-hydrogen) atoms. The predicted molar refractivity (Wildman–Crippen MR) is 59.6 cm³/mol. The molecule has 0 aliphatic heterocycles. The summed E-state index contributed by atoms with van der Waals surface area (Å²) >= 11 is 0. The third-order valence-corrected chi connectivity index (χ3v) is 3.49. The van der Waals surface area contributed by atoms with Gasteiger partial charge in [0, 0.05) is 13.6 Å². The van der Waals surface area contributed by atoms with Crippen molar-refractivity contribution < 1.29 is 14.6 Å². The summed E-state index contributed by atoms with van der Waals surface area (Å²) in [5.74, 6) is -0.488. The van der Waals surface area contributed by atoms with Gasteiger partial charge in [0.1, 0.15) is 0 Å². The van der Waals surface area contributed by atoms with E-state index in [0.29, 0.717) is 12.2 Å². The van der Waals surface area contributed by atoms with Crippen molar-refractivity contribution in [3.8, 4) is 0 Å². The lowest BCUT2D eigenvalue weighted by Crippen LogP contribution is -2.19. The van der Waals surface area contributed by atoms with Crippen LogP contribution in [0.15, 0.2) is 12.2 Å². The van der Waals surface area contributed by atoms with Gasteiger partial charge in [0.2, 0.25) is 0 Å². The normalized spacial score (nSPS) is 11.1. The zero-order chi connectivity index (χ0) is 11.2. The minimum atomic E-state index is -0.994. The van der Waals surface area contributed by atoms with Crippen LogP contribution in [0.1, 0.15) is 13.3 Å². The highest BCUT2D eigenvalue weighted by atomic mass is 28.3. The van der Waals surface area contributed by atoms with Gasteiger partial charge in [0.05, 0.1) is 6.61 Å². The zero-order valence-corrected chi connectivity index (χ0v) is 10.6. The number of carbonyl (C=O) groups is 1. The Morgan fingerprint density at radius 1 is 1.36 bits per heavy atom. The molecule has 3 nitrogen and oxygen atoms in total. The second kappa shape index (κ2) is 5.98. The Hall–Kier alpha value is -0.613. The Morgan fingerprint density at radius 3 is 2.36 bits per heavy atom. The lowest BCUT2D eigenvalue weighted by atomic mass is 10.4. The molecule has 0 saturated heterocycles. The van der Waals surface area contributed by atoms with Gasteiger partial charge in [-0.1, -0.05) is 32.3 Å². The number of rotatable bonds is 6. The number of carbonyl (C=O) groups excluding carboxylic acids is 1. The molecule has 0 aromatic rings. The molecule has 0 spiro atoms. The van der Waals surface area contributed by atoms with Crippen LogP contribution in [0.2, 0.25) is 25.7 Å². The van der Waals surface area contributed by atoms with Crippen molar-refractivity contribution in [3.63, 3.8) is 0 Å². The molecule has 0 saturated carbocycles. The van der Waals surface area contributed by atoms with Gasteiger partial charge in [0.15, 0.2) is 0 Å². The largest absolute Gasteiger partial charge is 0.368 e. The van der Waals surface area contributed by atoms with Crippen molar-refractivity contribution in [3.05, 3.63) is 12.2 Å². The molecule has 0 unspecified atom stereocenters. The minimum Gasteiger partial charge on any atom is -0.293 e. The first kappa shape index (κ1) is 13.4. The van der Waals surface area contributed by atoms with E-state index < -0.39 is 14.0 Å². The van der Waals surface area contributed by atoms with Crippen LogP contribution >= 0.6 is 0 Å². The quantitative estimate of drug-likeness (QED) is 0.225. The van der Waals surface area contributed by atoms with E-state index >= 15 is 0 Å². The summed E-state index contributed by atoms with van der Waals surface area (Å²) in [4.78, 5) is 20.1. The Morgan fingerprint density at radius 2 is 1.93 bits per heavy atom. The van der Waals surface area contributed by atoms with Gasteiger partial charge in [-0.2, -0.15) is 4.89 Å². The monoisotopic (exact) mass is 216 g/mol. The van der Waals surface area contributed by atoms with E-state index in [0.717, 1.165) is 6.42 Å². The lowest BCUT2D eigenvalue weighted by molar-refractivity contribution is -0.268. The summed E-state index contributed by atoms with van der Waals surface area (Å²) in [7, 11) is -0.994. The third kappa shape index (κ3) is 8.01. The van der Waals surface area contributed by atoms with Crippen molar-refractivity contribution in [2.75, 3.05) is 6.61 Å². The molecule has 0 amide bonds. The maximum absolute atomic E-state index is 10.9. The van der Waals surface area contributed by atoms with E-state index in [1.807, 2.05) is 0 Å². The van der Waals surface area contributed by atoms with E-state index in [2.05, 4.69) is 31.1 Å². The summed E-state index contributed by atoms with van der Waals surface area (Å²) < 4.78 is 0. The molecule has 0 atom stereocenters. The van der Waals surface area contributed by atoms with Gasteiger partial charge in [0.25, 0.3) is 0 Å². The Kier molecular flexibility index (Phi) is 5.72. The summed E-state index contributed by atoms with van der Waals surface area (Å²) in [6, 6.07) is 1.18. The van der Waals surface area contributed by atoms with E-state index in [4.69, 9.17) is 4.89 Å². The van der Waals surface area contributed by atoms with Crippen LogP contribution in [0.25, 0.3) is 0 Å². The average molecular weight is 216 g/mol. The topological polar surface area (TPSA) is 35.5 Å². The van der Waals surface area contributed by atoms with E-state index in [-0.39, 0.29) is 0 Å². The first-order chi connectivity index (χ1) is 6.33. The lowest BCUT2D eigenvalue weighted by Gasteiger charge is -2.14. The van der Waals surface area contributed by atoms with Crippen LogP contribution in [-0.2, 0) is 14.6 Å². The molecule has 0 aliphatic carbocycles. The third-order valence-electron chi connectivity index (χ3n) is 1.64. The molecule has 82 valence electrons. The van der Waals surface area contributed by atoms with Gasteiger partial charge in [-0.05, 0) is 13.3 Å². The molecule has 0 rings (SSSR count). The predicted octanol–water partition coefficient (Wildman–Crippen LogP) is 2.77. The van der Waals surface area contributed by atoms with E-state index in [1.165, 1.54) is 6.04 Å². The van der Waals surface area contributed by atoms with Crippen LogP contribution < -0.4 is 0 Å². The SMILES string of the molecule is C=C(C)C(=O)OOCCC[Si](C)(C)C. The molecular formula is C10H20O3Si. The summed E-state index contributed by atoms with van der Waals surface area (Å²) in [6.45, 7) is 12.4. The molecule has 0 aromatic carbocycles. The molecule has 0 aromatic heterocycles. The van der Waals surface area contributed by atoms with Gasteiger partial charge in [-0.15, -0.1) is 0 Å². The molecule has 0 N–H and O–H groups in total. The number of hydrogen-bond acceptors (Lipinski definition) is 3. The summed E-state index contributed by atoms with van der Waals surface area (Å²) in [6.07, 6.45) is 0.944. The smallest absolute Gasteiger partial charge is 0.293 e. The molecule has 0 fully saturated rings. The van der Waals surface area contributed by atoms with Crippen LogP contribution in [-0.4, -0.2) is 20.7 Å². The molecule has 0 aliphatic rings. The molecule has 0 bridgehead atoms. The van der Waals surface area contributed by atoms with Gasteiger partial charge >= 0.3 is 5.97 Å². The molecular weight excluding hydrogens is 196 g/mol. The first-order valence-corrected chi connectivity index (χ1v) is 8.53. The maximum Gasteiger partial charge on any atom is 0.368 e. The van der Waals surface area contributed by atoms with Crippen LogP contribution in [0.3, 0.4) is 0 Å². The molecule has 4 heteroatoms. The second-order valence-electron chi connectivity index (χ2n) is 4.64. The van der Waals surface area contributed by atoms with Gasteiger partial charge in [-0.25, -0.2) is 4.79 Å². The Balaban J connectivity index is 3.39. The van der Waals surface area contributed by atoms with Crippen molar-refractivity contribution in [2.24, 2.45) is 0 Å². The Labute approximate surface area is 87.0 Å². The van der Waals surface area contributed by atoms with E-state index in [9.17, 15) is 4.79 Å². The zero-order valence-electron chi connectivity index (χ0n) is 9.55. The van der Waals surface area contributed by atoms with Crippen LogP contribution in [0, 0.1) is 0 Å². The van der Waals surface area contributed by atoms with Crippen molar-refractivity contribution in [2.45, 2.75) is 39.0 Å². The fourth-order valence-corrected chi connectivity index (χ4v) is 2.03. The standard InChI is InChI=1S/C10H20O3Si/c1-9(2)10(11)13-12-7-6-8-14(3,4)5/h1,6-8H2,2-5H3.